The number of ether oxygens (including phenoxy) is 1. The van der Waals surface area contributed by atoms with Crippen molar-refractivity contribution in [2.45, 2.75) is 32.7 Å². The van der Waals surface area contributed by atoms with E-state index in [9.17, 15) is 0 Å². The molecule has 1 aromatic carbocycles. The van der Waals surface area contributed by atoms with E-state index in [0.717, 1.165) is 51.4 Å². The molecule has 0 atom stereocenters. The van der Waals surface area contributed by atoms with E-state index in [1.165, 1.54) is 19.3 Å². The van der Waals surface area contributed by atoms with E-state index in [-0.39, 0.29) is 0 Å². The van der Waals surface area contributed by atoms with Crippen molar-refractivity contribution in [1.82, 2.24) is 25.0 Å². The van der Waals surface area contributed by atoms with Crippen LogP contribution in [0.25, 0.3) is 33.3 Å². The summed E-state index contributed by atoms with van der Waals surface area (Å²) in [5.41, 5.74) is 6.49. The molecule has 0 radical (unpaired) electrons. The fourth-order valence-electron chi connectivity index (χ4n) is 5.06. The number of aryl methyl sites for hydroxylation is 1. The molecule has 2 bridgehead atoms. The van der Waals surface area contributed by atoms with E-state index in [4.69, 9.17) is 9.72 Å². The van der Waals surface area contributed by atoms with Gasteiger partial charge < -0.3 is 4.74 Å². The number of fused-ring (bicyclic) bond motifs is 1. The monoisotopic (exact) mass is 397 g/mol. The van der Waals surface area contributed by atoms with E-state index >= 15 is 0 Å². The van der Waals surface area contributed by atoms with Crippen molar-refractivity contribution in [2.75, 3.05) is 7.11 Å². The van der Waals surface area contributed by atoms with Crippen LogP contribution in [-0.2, 0) is 6.54 Å². The van der Waals surface area contributed by atoms with Crippen molar-refractivity contribution in [3.63, 3.8) is 0 Å². The first kappa shape index (κ1) is 17.6. The van der Waals surface area contributed by atoms with Crippen LogP contribution in [0, 0.1) is 18.3 Å². The number of aromatic nitrogens is 5. The molecule has 0 aliphatic heterocycles. The maximum atomic E-state index is 5.19. The second kappa shape index (κ2) is 6.36. The van der Waals surface area contributed by atoms with Gasteiger partial charge in [-0.05, 0) is 49.7 Å². The van der Waals surface area contributed by atoms with Gasteiger partial charge in [-0.3, -0.25) is 9.67 Å². The molecule has 3 aliphatic carbocycles. The van der Waals surface area contributed by atoms with Gasteiger partial charge in [-0.15, -0.1) is 10.2 Å². The smallest absolute Gasteiger partial charge is 0.233 e. The summed E-state index contributed by atoms with van der Waals surface area (Å²) in [6.45, 7) is 3.05. The average Bonchev–Trinajstić information content (AvgIpc) is 3.17. The summed E-state index contributed by atoms with van der Waals surface area (Å²) in [4.78, 5) is 4.87. The van der Waals surface area contributed by atoms with Crippen LogP contribution in [0.3, 0.4) is 0 Å². The molecule has 0 N–H and O–H groups in total. The molecule has 3 fully saturated rings. The van der Waals surface area contributed by atoms with E-state index < -0.39 is 0 Å². The summed E-state index contributed by atoms with van der Waals surface area (Å²) in [5, 5.41) is 14.1. The third-order valence-electron chi connectivity index (χ3n) is 6.69. The summed E-state index contributed by atoms with van der Waals surface area (Å²) in [7, 11) is 1.60. The summed E-state index contributed by atoms with van der Waals surface area (Å²) < 4.78 is 7.30. The lowest BCUT2D eigenvalue weighted by Crippen LogP contribution is -2.54. The predicted octanol–water partition coefficient (Wildman–Crippen LogP) is 4.67. The van der Waals surface area contributed by atoms with Gasteiger partial charge in [0.25, 0.3) is 0 Å². The molecule has 3 aromatic heterocycles. The van der Waals surface area contributed by atoms with Gasteiger partial charge in [0.15, 0.2) is 0 Å². The van der Waals surface area contributed by atoms with Crippen LogP contribution in [0.5, 0.6) is 5.88 Å². The summed E-state index contributed by atoms with van der Waals surface area (Å²) >= 11 is 0. The molecule has 30 heavy (non-hydrogen) atoms. The topological polar surface area (TPSA) is 65.7 Å². The molecule has 3 heterocycles. The van der Waals surface area contributed by atoms with E-state index in [1.807, 2.05) is 31.3 Å². The molecule has 7 rings (SSSR count). The van der Waals surface area contributed by atoms with E-state index in [0.29, 0.717) is 11.3 Å². The Kier molecular flexibility index (Phi) is 3.72. The molecule has 0 amide bonds. The van der Waals surface area contributed by atoms with Crippen LogP contribution in [0.4, 0.5) is 0 Å². The molecular formula is C24H23N5O. The molecule has 0 spiro atoms. The largest absolute Gasteiger partial charge is 0.480 e. The SMILES string of the molecule is COc1cc2ccc(-c3nc(C)ccc3-c3cnn(CC45CC(C4)C5)c3)cc2nn1. The zero-order valence-electron chi connectivity index (χ0n) is 17.2. The summed E-state index contributed by atoms with van der Waals surface area (Å²) in [6.07, 6.45) is 8.27. The van der Waals surface area contributed by atoms with Crippen LogP contribution in [0.1, 0.15) is 25.0 Å². The lowest BCUT2D eigenvalue weighted by molar-refractivity contribution is -0.120. The van der Waals surface area contributed by atoms with Crippen LogP contribution in [0.2, 0.25) is 0 Å². The number of rotatable bonds is 5. The van der Waals surface area contributed by atoms with Crippen LogP contribution < -0.4 is 4.74 Å². The summed E-state index contributed by atoms with van der Waals surface area (Å²) in [6, 6.07) is 12.3. The zero-order valence-corrected chi connectivity index (χ0v) is 17.2. The number of hydrogen-bond donors (Lipinski definition) is 0. The number of nitrogens with zero attached hydrogens (tertiary/aromatic N) is 5. The fourth-order valence-corrected chi connectivity index (χ4v) is 5.06. The molecule has 150 valence electrons. The van der Waals surface area contributed by atoms with Gasteiger partial charge in [0, 0.05) is 46.6 Å². The van der Waals surface area contributed by atoms with Crippen molar-refractivity contribution < 1.29 is 4.74 Å². The average molecular weight is 397 g/mol. The number of methoxy groups -OCH3 is 1. The zero-order chi connectivity index (χ0) is 20.3. The molecule has 0 saturated heterocycles. The Labute approximate surface area is 174 Å². The van der Waals surface area contributed by atoms with Crippen LogP contribution >= 0.6 is 0 Å². The number of hydrogen-bond acceptors (Lipinski definition) is 5. The fraction of sp³-hybridized carbons (Fsp3) is 0.333. The predicted molar refractivity (Wildman–Crippen MR) is 115 cm³/mol. The van der Waals surface area contributed by atoms with Gasteiger partial charge >= 0.3 is 0 Å². The standard InChI is InChI=1S/C24H23N5O/c1-15-3-6-20(19-12-25-29(13-19)14-24-9-16(10-24)11-24)23(26-15)18-5-4-17-8-22(30-2)28-27-21(17)7-18/h3-8,12-13,16H,9-11,14H2,1-2H3. The van der Waals surface area contributed by atoms with Crippen molar-refractivity contribution >= 4 is 10.9 Å². The molecular weight excluding hydrogens is 374 g/mol. The lowest BCUT2D eigenvalue weighted by Gasteiger charge is -2.61. The molecule has 3 saturated carbocycles. The van der Waals surface area contributed by atoms with Gasteiger partial charge in [-0.1, -0.05) is 18.2 Å². The first-order valence-corrected chi connectivity index (χ1v) is 10.4. The Morgan fingerprint density at radius 3 is 2.70 bits per heavy atom. The maximum Gasteiger partial charge on any atom is 0.233 e. The quantitative estimate of drug-likeness (QED) is 0.489. The van der Waals surface area contributed by atoms with Crippen LogP contribution in [-0.4, -0.2) is 32.1 Å². The molecule has 0 unspecified atom stereocenters. The maximum absolute atomic E-state index is 5.19. The van der Waals surface area contributed by atoms with Crippen LogP contribution in [0.15, 0.2) is 48.8 Å². The van der Waals surface area contributed by atoms with Gasteiger partial charge in [-0.25, -0.2) is 0 Å². The first-order valence-electron chi connectivity index (χ1n) is 10.4. The summed E-state index contributed by atoms with van der Waals surface area (Å²) in [5.74, 6) is 1.50. The van der Waals surface area contributed by atoms with Crippen molar-refractivity contribution in [2.24, 2.45) is 11.3 Å². The minimum absolute atomic E-state index is 0.515. The van der Waals surface area contributed by atoms with Crippen molar-refractivity contribution in [3.05, 3.63) is 54.5 Å². The number of benzene rings is 1. The Morgan fingerprint density at radius 2 is 1.93 bits per heavy atom. The second-order valence-corrected chi connectivity index (χ2v) is 8.91. The minimum atomic E-state index is 0.515. The second-order valence-electron chi connectivity index (χ2n) is 8.91. The highest BCUT2D eigenvalue weighted by molar-refractivity contribution is 5.88. The van der Waals surface area contributed by atoms with E-state index in [2.05, 4.69) is 44.4 Å². The van der Waals surface area contributed by atoms with Crippen molar-refractivity contribution in [3.8, 4) is 28.3 Å². The number of pyridine rings is 1. The highest BCUT2D eigenvalue weighted by atomic mass is 16.5. The Morgan fingerprint density at radius 1 is 1.07 bits per heavy atom. The van der Waals surface area contributed by atoms with Gasteiger partial charge in [0.05, 0.1) is 24.5 Å². The molecule has 3 aliphatic rings. The lowest BCUT2D eigenvalue weighted by atomic mass is 9.44. The Hall–Kier alpha value is -3.28. The van der Waals surface area contributed by atoms with Gasteiger partial charge in [0.1, 0.15) is 0 Å². The minimum Gasteiger partial charge on any atom is -0.480 e. The normalized spacial score (nSPS) is 21.9. The van der Waals surface area contributed by atoms with Crippen molar-refractivity contribution in [1.29, 1.82) is 0 Å². The molecule has 6 nitrogen and oxygen atoms in total. The van der Waals surface area contributed by atoms with Gasteiger partial charge in [-0.2, -0.15) is 5.10 Å². The Balaban J connectivity index is 1.39. The first-order chi connectivity index (χ1) is 14.6. The highest BCUT2D eigenvalue weighted by Crippen LogP contribution is 2.65. The van der Waals surface area contributed by atoms with E-state index in [1.54, 1.807) is 7.11 Å². The third-order valence-corrected chi connectivity index (χ3v) is 6.69. The molecule has 4 aromatic rings. The highest BCUT2D eigenvalue weighted by Gasteiger charge is 2.56. The third kappa shape index (κ3) is 2.78. The molecule has 6 heteroatoms. The Bertz CT molecular complexity index is 1260. The van der Waals surface area contributed by atoms with Gasteiger partial charge in [0.2, 0.25) is 5.88 Å².